The summed E-state index contributed by atoms with van der Waals surface area (Å²) >= 11 is 0. The molecule has 0 aliphatic carbocycles. The van der Waals surface area contributed by atoms with Gasteiger partial charge in [0, 0.05) is 13.1 Å². The van der Waals surface area contributed by atoms with Crippen LogP contribution < -0.4 is 10.0 Å². The summed E-state index contributed by atoms with van der Waals surface area (Å²) in [5.74, 6) is 0. The number of nitrogens with one attached hydrogen (secondary N) is 2. The third kappa shape index (κ3) is 4.52. The normalized spacial score (nSPS) is 15.0. The Balaban J connectivity index is 1.93. The number of hydrogen-bond donors (Lipinski definition) is 2. The average molecular weight is 325 g/mol. The zero-order valence-corrected chi connectivity index (χ0v) is 14.4. The van der Waals surface area contributed by atoms with E-state index < -0.39 is 10.0 Å². The van der Waals surface area contributed by atoms with Crippen LogP contribution >= 0.6 is 0 Å². The first kappa shape index (κ1) is 17.4. The Labute approximate surface area is 134 Å². The molecule has 0 unspecified atom stereocenters. The largest absolute Gasteiger partial charge is 0.312 e. The fourth-order valence-corrected chi connectivity index (χ4v) is 3.88. The van der Waals surface area contributed by atoms with Gasteiger partial charge >= 0.3 is 0 Å². The fraction of sp³-hybridized carbons (Fsp3) is 0.625. The summed E-state index contributed by atoms with van der Waals surface area (Å²) in [6.07, 6.45) is 1.79. The van der Waals surface area contributed by atoms with E-state index in [2.05, 4.69) is 28.8 Å². The van der Waals surface area contributed by atoms with Crippen molar-refractivity contribution < 1.29 is 8.42 Å². The molecule has 0 aromatic heterocycles. The molecule has 0 spiro atoms. The van der Waals surface area contributed by atoms with E-state index in [1.165, 1.54) is 5.56 Å². The minimum Gasteiger partial charge on any atom is -0.312 e. The van der Waals surface area contributed by atoms with Crippen molar-refractivity contribution >= 4 is 10.0 Å². The standard InChI is InChI=1S/C16H27N3O2S/c1-3-19(4-2)11-5-9-18-22(20,21)16-7-6-14-8-10-17-13-15(14)12-16/h6-7,12,17-18H,3-5,8-11,13H2,1-2H3. The van der Waals surface area contributed by atoms with Gasteiger partial charge in [-0.25, -0.2) is 13.1 Å². The van der Waals surface area contributed by atoms with Crippen molar-refractivity contribution in [2.24, 2.45) is 0 Å². The second-order valence-corrected chi connectivity index (χ2v) is 7.40. The van der Waals surface area contributed by atoms with E-state index in [1.807, 2.05) is 6.07 Å². The third-order valence-corrected chi connectivity index (χ3v) is 5.67. The number of hydrogen-bond acceptors (Lipinski definition) is 4. The van der Waals surface area contributed by atoms with Crippen LogP contribution in [0.5, 0.6) is 0 Å². The van der Waals surface area contributed by atoms with Crippen LogP contribution in [0, 0.1) is 0 Å². The molecule has 0 saturated heterocycles. The predicted octanol–water partition coefficient (Wildman–Crippen LogP) is 1.34. The van der Waals surface area contributed by atoms with E-state index in [-0.39, 0.29) is 0 Å². The van der Waals surface area contributed by atoms with E-state index in [0.29, 0.717) is 11.4 Å². The van der Waals surface area contributed by atoms with Gasteiger partial charge in [-0.05, 0) is 62.3 Å². The highest BCUT2D eigenvalue weighted by atomic mass is 32.2. The van der Waals surface area contributed by atoms with Gasteiger partial charge in [-0.2, -0.15) is 0 Å². The molecule has 6 heteroatoms. The second-order valence-electron chi connectivity index (χ2n) is 5.64. The second kappa shape index (κ2) is 8.06. The van der Waals surface area contributed by atoms with E-state index in [9.17, 15) is 8.42 Å². The fourth-order valence-electron chi connectivity index (χ4n) is 2.76. The van der Waals surface area contributed by atoms with Crippen molar-refractivity contribution in [2.75, 3.05) is 32.7 Å². The van der Waals surface area contributed by atoms with Gasteiger partial charge in [0.15, 0.2) is 0 Å². The lowest BCUT2D eigenvalue weighted by molar-refractivity contribution is 0.300. The Morgan fingerprint density at radius 2 is 2.00 bits per heavy atom. The van der Waals surface area contributed by atoms with Crippen LogP contribution in [0.15, 0.2) is 23.1 Å². The van der Waals surface area contributed by atoms with Crippen LogP contribution in [-0.4, -0.2) is 46.0 Å². The van der Waals surface area contributed by atoms with Crippen molar-refractivity contribution in [1.29, 1.82) is 0 Å². The monoisotopic (exact) mass is 325 g/mol. The quantitative estimate of drug-likeness (QED) is 0.708. The molecular formula is C16H27N3O2S. The van der Waals surface area contributed by atoms with Gasteiger partial charge in [0.2, 0.25) is 10.0 Å². The van der Waals surface area contributed by atoms with Crippen LogP contribution in [0.25, 0.3) is 0 Å². The maximum atomic E-state index is 12.4. The number of nitrogens with zero attached hydrogens (tertiary/aromatic N) is 1. The first-order valence-corrected chi connectivity index (χ1v) is 9.59. The van der Waals surface area contributed by atoms with Crippen LogP contribution in [0.3, 0.4) is 0 Å². The average Bonchev–Trinajstić information content (AvgIpc) is 2.54. The summed E-state index contributed by atoms with van der Waals surface area (Å²) in [6.45, 7) is 9.35. The topological polar surface area (TPSA) is 61.4 Å². The highest BCUT2D eigenvalue weighted by Crippen LogP contribution is 2.18. The molecule has 1 aliphatic heterocycles. The van der Waals surface area contributed by atoms with E-state index >= 15 is 0 Å². The van der Waals surface area contributed by atoms with E-state index in [0.717, 1.165) is 51.1 Å². The van der Waals surface area contributed by atoms with Crippen LogP contribution in [0.1, 0.15) is 31.4 Å². The van der Waals surface area contributed by atoms with E-state index in [1.54, 1.807) is 12.1 Å². The van der Waals surface area contributed by atoms with E-state index in [4.69, 9.17) is 0 Å². The van der Waals surface area contributed by atoms with Crippen LogP contribution in [0.4, 0.5) is 0 Å². The molecule has 0 bridgehead atoms. The predicted molar refractivity (Wildman–Crippen MR) is 89.4 cm³/mol. The summed E-state index contributed by atoms with van der Waals surface area (Å²) in [7, 11) is -3.40. The molecule has 1 aromatic carbocycles. The summed E-state index contributed by atoms with van der Waals surface area (Å²) in [5, 5.41) is 3.28. The van der Waals surface area contributed by atoms with Crippen molar-refractivity contribution in [3.05, 3.63) is 29.3 Å². The molecule has 0 amide bonds. The van der Waals surface area contributed by atoms with Crippen molar-refractivity contribution in [1.82, 2.24) is 14.9 Å². The van der Waals surface area contributed by atoms with Crippen LogP contribution in [-0.2, 0) is 23.0 Å². The molecule has 5 nitrogen and oxygen atoms in total. The molecule has 22 heavy (non-hydrogen) atoms. The maximum absolute atomic E-state index is 12.4. The Morgan fingerprint density at radius 1 is 1.23 bits per heavy atom. The molecular weight excluding hydrogens is 298 g/mol. The van der Waals surface area contributed by atoms with Crippen molar-refractivity contribution in [3.63, 3.8) is 0 Å². The molecule has 0 atom stereocenters. The molecule has 0 saturated carbocycles. The maximum Gasteiger partial charge on any atom is 0.240 e. The lowest BCUT2D eigenvalue weighted by Crippen LogP contribution is -2.30. The first-order chi connectivity index (χ1) is 10.6. The van der Waals surface area contributed by atoms with Gasteiger partial charge in [-0.15, -0.1) is 0 Å². The first-order valence-electron chi connectivity index (χ1n) is 8.11. The molecule has 0 radical (unpaired) electrons. The van der Waals surface area contributed by atoms with Gasteiger partial charge in [-0.1, -0.05) is 19.9 Å². The molecule has 1 aliphatic rings. The summed E-state index contributed by atoms with van der Waals surface area (Å²) < 4.78 is 27.4. The van der Waals surface area contributed by atoms with Gasteiger partial charge in [0.1, 0.15) is 0 Å². The van der Waals surface area contributed by atoms with Crippen molar-refractivity contribution in [2.45, 2.75) is 38.1 Å². The van der Waals surface area contributed by atoms with Crippen LogP contribution in [0.2, 0.25) is 0 Å². The van der Waals surface area contributed by atoms with Gasteiger partial charge in [-0.3, -0.25) is 0 Å². The zero-order chi connectivity index (χ0) is 16.0. The van der Waals surface area contributed by atoms with Gasteiger partial charge < -0.3 is 10.2 Å². The van der Waals surface area contributed by atoms with Gasteiger partial charge in [0.05, 0.1) is 4.90 Å². The number of fused-ring (bicyclic) bond motifs is 1. The summed E-state index contributed by atoms with van der Waals surface area (Å²) in [4.78, 5) is 2.66. The number of benzene rings is 1. The minimum absolute atomic E-state index is 0.373. The Hall–Kier alpha value is -0.950. The number of sulfonamides is 1. The SMILES string of the molecule is CCN(CC)CCCNS(=O)(=O)c1ccc2c(c1)CNCC2. The smallest absolute Gasteiger partial charge is 0.240 e. The van der Waals surface area contributed by atoms with Gasteiger partial charge in [0.25, 0.3) is 0 Å². The zero-order valence-electron chi connectivity index (χ0n) is 13.6. The molecule has 0 fully saturated rings. The third-order valence-electron chi connectivity index (χ3n) is 4.21. The summed E-state index contributed by atoms with van der Waals surface area (Å²) in [6, 6.07) is 5.46. The Bertz CT molecular complexity index is 583. The lowest BCUT2D eigenvalue weighted by Gasteiger charge is -2.19. The molecule has 2 N–H and O–H groups in total. The molecule has 1 heterocycles. The summed E-state index contributed by atoms with van der Waals surface area (Å²) in [5.41, 5.74) is 2.34. The number of rotatable bonds is 8. The highest BCUT2D eigenvalue weighted by molar-refractivity contribution is 7.89. The molecule has 2 rings (SSSR count). The Morgan fingerprint density at radius 3 is 2.73 bits per heavy atom. The molecule has 1 aromatic rings. The Kier molecular flexibility index (Phi) is 6.37. The molecule has 124 valence electrons. The van der Waals surface area contributed by atoms with Crippen molar-refractivity contribution in [3.8, 4) is 0 Å². The minimum atomic E-state index is -3.40. The highest BCUT2D eigenvalue weighted by Gasteiger charge is 2.17. The lowest BCUT2D eigenvalue weighted by atomic mass is 10.0.